The molecule has 0 aliphatic rings. The molecule has 0 aliphatic carbocycles. The Labute approximate surface area is 136 Å². The van der Waals surface area contributed by atoms with Crippen molar-refractivity contribution < 1.29 is 9.53 Å². The fourth-order valence-corrected chi connectivity index (χ4v) is 2.02. The van der Waals surface area contributed by atoms with E-state index in [1.807, 2.05) is 48.5 Å². The van der Waals surface area contributed by atoms with E-state index in [2.05, 4.69) is 22.8 Å². The first kappa shape index (κ1) is 16.5. The van der Waals surface area contributed by atoms with Crippen LogP contribution in [0.4, 0.5) is 5.69 Å². The van der Waals surface area contributed by atoms with Gasteiger partial charge in [0, 0.05) is 0 Å². The van der Waals surface area contributed by atoms with Gasteiger partial charge in [-0.1, -0.05) is 43.3 Å². The van der Waals surface area contributed by atoms with Crippen molar-refractivity contribution in [1.82, 2.24) is 5.43 Å². The number of nitrogens with zero attached hydrogens (tertiary/aromatic N) is 1. The van der Waals surface area contributed by atoms with E-state index in [0.29, 0.717) is 5.75 Å². The second kappa shape index (κ2) is 8.58. The number of anilines is 1. The SMILES string of the molecule is CCc1ccc(/C=N\NC(=O)CNc2ccccc2OC)cc1. The van der Waals surface area contributed by atoms with Crippen LogP contribution in [0.15, 0.2) is 53.6 Å². The molecule has 0 atom stereocenters. The standard InChI is InChI=1S/C18H21N3O2/c1-3-14-8-10-15(11-9-14)12-20-21-18(22)13-19-16-6-4-5-7-17(16)23-2/h4-12,19H,3,13H2,1-2H3,(H,21,22)/b20-12-. The molecule has 2 N–H and O–H groups in total. The summed E-state index contributed by atoms with van der Waals surface area (Å²) in [6.07, 6.45) is 2.63. The van der Waals surface area contributed by atoms with E-state index in [-0.39, 0.29) is 12.5 Å². The van der Waals surface area contributed by atoms with Crippen molar-refractivity contribution in [1.29, 1.82) is 0 Å². The predicted molar refractivity (Wildman–Crippen MR) is 93.0 cm³/mol. The number of benzene rings is 2. The quantitative estimate of drug-likeness (QED) is 0.610. The molecule has 5 nitrogen and oxygen atoms in total. The number of ether oxygens (including phenoxy) is 1. The van der Waals surface area contributed by atoms with E-state index in [1.165, 1.54) is 5.56 Å². The maximum absolute atomic E-state index is 11.8. The number of para-hydroxylation sites is 2. The van der Waals surface area contributed by atoms with Crippen LogP contribution < -0.4 is 15.5 Å². The molecule has 2 rings (SSSR count). The molecule has 0 aromatic heterocycles. The summed E-state index contributed by atoms with van der Waals surface area (Å²) in [6.45, 7) is 2.23. The Kier molecular flexibility index (Phi) is 6.17. The van der Waals surface area contributed by atoms with Gasteiger partial charge in [0.05, 0.1) is 25.6 Å². The second-order valence-corrected chi connectivity index (χ2v) is 4.94. The highest BCUT2D eigenvalue weighted by Gasteiger charge is 2.03. The molecule has 2 aromatic carbocycles. The summed E-state index contributed by atoms with van der Waals surface area (Å²) in [5, 5.41) is 6.97. The van der Waals surface area contributed by atoms with Crippen LogP contribution in [-0.2, 0) is 11.2 Å². The van der Waals surface area contributed by atoms with Crippen molar-refractivity contribution in [3.05, 3.63) is 59.7 Å². The fourth-order valence-electron chi connectivity index (χ4n) is 2.02. The van der Waals surface area contributed by atoms with Crippen molar-refractivity contribution in [2.24, 2.45) is 5.10 Å². The summed E-state index contributed by atoms with van der Waals surface area (Å²) in [4.78, 5) is 11.8. The van der Waals surface area contributed by atoms with Gasteiger partial charge in [-0.3, -0.25) is 4.79 Å². The Balaban J connectivity index is 1.81. The van der Waals surface area contributed by atoms with Gasteiger partial charge in [0.25, 0.3) is 5.91 Å². The number of rotatable bonds is 7. The molecule has 0 spiro atoms. The molecule has 2 aromatic rings. The van der Waals surface area contributed by atoms with Gasteiger partial charge in [0.2, 0.25) is 0 Å². The van der Waals surface area contributed by atoms with E-state index in [1.54, 1.807) is 13.3 Å². The monoisotopic (exact) mass is 311 g/mol. The zero-order valence-corrected chi connectivity index (χ0v) is 13.4. The fraction of sp³-hybridized carbons (Fsp3) is 0.222. The number of carbonyl (C=O) groups excluding carboxylic acids is 1. The Hall–Kier alpha value is -2.82. The van der Waals surface area contributed by atoms with Crippen molar-refractivity contribution in [2.75, 3.05) is 19.0 Å². The summed E-state index contributed by atoms with van der Waals surface area (Å²) in [5.74, 6) is 0.470. The topological polar surface area (TPSA) is 62.7 Å². The smallest absolute Gasteiger partial charge is 0.259 e. The van der Waals surface area contributed by atoms with Gasteiger partial charge in [0.15, 0.2) is 0 Å². The van der Waals surface area contributed by atoms with Crippen LogP contribution in [-0.4, -0.2) is 25.8 Å². The van der Waals surface area contributed by atoms with E-state index < -0.39 is 0 Å². The molecule has 1 amide bonds. The molecule has 5 heteroatoms. The maximum Gasteiger partial charge on any atom is 0.259 e. The van der Waals surface area contributed by atoms with Crippen LogP contribution in [0.5, 0.6) is 5.75 Å². The second-order valence-electron chi connectivity index (χ2n) is 4.94. The minimum Gasteiger partial charge on any atom is -0.495 e. The average Bonchev–Trinajstić information content (AvgIpc) is 2.60. The summed E-state index contributed by atoms with van der Waals surface area (Å²) in [7, 11) is 1.59. The van der Waals surface area contributed by atoms with Crippen LogP contribution in [0, 0.1) is 0 Å². The van der Waals surface area contributed by atoms with Crippen LogP contribution >= 0.6 is 0 Å². The molecule has 0 unspecified atom stereocenters. The first-order chi connectivity index (χ1) is 11.2. The molecule has 0 bridgehead atoms. The third kappa shape index (κ3) is 5.14. The number of nitrogens with one attached hydrogen (secondary N) is 2. The summed E-state index contributed by atoms with van der Waals surface area (Å²) < 4.78 is 5.21. The molecule has 0 fully saturated rings. The Bertz CT molecular complexity index is 666. The minimum absolute atomic E-state index is 0.118. The lowest BCUT2D eigenvalue weighted by Crippen LogP contribution is -2.26. The average molecular weight is 311 g/mol. The van der Waals surface area contributed by atoms with Crippen LogP contribution in [0.1, 0.15) is 18.1 Å². The van der Waals surface area contributed by atoms with Crippen molar-refractivity contribution >= 4 is 17.8 Å². The number of hydrogen-bond donors (Lipinski definition) is 2. The highest BCUT2D eigenvalue weighted by atomic mass is 16.5. The lowest BCUT2D eigenvalue weighted by atomic mass is 10.1. The number of methoxy groups -OCH3 is 1. The summed E-state index contributed by atoms with van der Waals surface area (Å²) in [6, 6.07) is 15.5. The van der Waals surface area contributed by atoms with Crippen molar-refractivity contribution in [3.8, 4) is 5.75 Å². The number of amides is 1. The molecule has 0 radical (unpaired) electrons. The molecular formula is C18H21N3O2. The highest BCUT2D eigenvalue weighted by Crippen LogP contribution is 2.22. The molecule has 0 heterocycles. The van der Waals surface area contributed by atoms with Gasteiger partial charge in [-0.15, -0.1) is 0 Å². The summed E-state index contributed by atoms with van der Waals surface area (Å²) >= 11 is 0. The van der Waals surface area contributed by atoms with Gasteiger partial charge in [0.1, 0.15) is 5.75 Å². The molecule has 0 saturated carbocycles. The number of hydrogen-bond acceptors (Lipinski definition) is 4. The largest absolute Gasteiger partial charge is 0.495 e. The number of aryl methyl sites for hydroxylation is 1. The minimum atomic E-state index is -0.225. The van der Waals surface area contributed by atoms with Crippen LogP contribution in [0.2, 0.25) is 0 Å². The van der Waals surface area contributed by atoms with E-state index in [0.717, 1.165) is 17.7 Å². The van der Waals surface area contributed by atoms with E-state index in [9.17, 15) is 4.79 Å². The number of hydrazone groups is 1. The summed E-state index contributed by atoms with van der Waals surface area (Å²) in [5.41, 5.74) is 5.48. The van der Waals surface area contributed by atoms with Crippen molar-refractivity contribution in [2.45, 2.75) is 13.3 Å². The Morgan fingerprint density at radius 1 is 1.17 bits per heavy atom. The Morgan fingerprint density at radius 2 is 1.91 bits per heavy atom. The molecule has 23 heavy (non-hydrogen) atoms. The first-order valence-corrected chi connectivity index (χ1v) is 7.50. The molecular weight excluding hydrogens is 290 g/mol. The highest BCUT2D eigenvalue weighted by molar-refractivity contribution is 5.84. The lowest BCUT2D eigenvalue weighted by Gasteiger charge is -2.09. The van der Waals surface area contributed by atoms with Crippen LogP contribution in [0.3, 0.4) is 0 Å². The zero-order chi connectivity index (χ0) is 16.5. The van der Waals surface area contributed by atoms with E-state index in [4.69, 9.17) is 4.74 Å². The molecule has 0 saturated heterocycles. The molecule has 0 aliphatic heterocycles. The Morgan fingerprint density at radius 3 is 2.61 bits per heavy atom. The molecule has 120 valence electrons. The number of carbonyl (C=O) groups is 1. The van der Waals surface area contributed by atoms with Gasteiger partial charge < -0.3 is 10.1 Å². The van der Waals surface area contributed by atoms with Gasteiger partial charge in [-0.05, 0) is 29.7 Å². The zero-order valence-electron chi connectivity index (χ0n) is 13.4. The predicted octanol–water partition coefficient (Wildman–Crippen LogP) is 2.82. The van der Waals surface area contributed by atoms with E-state index >= 15 is 0 Å². The van der Waals surface area contributed by atoms with Crippen LogP contribution in [0.25, 0.3) is 0 Å². The normalized spacial score (nSPS) is 10.5. The first-order valence-electron chi connectivity index (χ1n) is 7.50. The van der Waals surface area contributed by atoms with Crippen molar-refractivity contribution in [3.63, 3.8) is 0 Å². The third-order valence-electron chi connectivity index (χ3n) is 3.34. The van der Waals surface area contributed by atoms with Gasteiger partial charge >= 0.3 is 0 Å². The third-order valence-corrected chi connectivity index (χ3v) is 3.34. The maximum atomic E-state index is 11.8. The van der Waals surface area contributed by atoms with Gasteiger partial charge in [-0.2, -0.15) is 5.10 Å². The lowest BCUT2D eigenvalue weighted by molar-refractivity contribution is -0.119. The van der Waals surface area contributed by atoms with Gasteiger partial charge in [-0.25, -0.2) is 5.43 Å².